The summed E-state index contributed by atoms with van der Waals surface area (Å²) in [7, 11) is 0. The van der Waals surface area contributed by atoms with Gasteiger partial charge in [0.25, 0.3) is 0 Å². The first-order valence-electron chi connectivity index (χ1n) is 5.28. The summed E-state index contributed by atoms with van der Waals surface area (Å²) in [6.07, 6.45) is 9.02. The van der Waals surface area contributed by atoms with Gasteiger partial charge < -0.3 is 5.32 Å². The summed E-state index contributed by atoms with van der Waals surface area (Å²) >= 11 is 0. The second-order valence-electron chi connectivity index (χ2n) is 3.78. The molecule has 1 heteroatoms. The fourth-order valence-electron chi connectivity index (χ4n) is 1.21. The smallest absolute Gasteiger partial charge is 0.0841 e. The fourth-order valence-corrected chi connectivity index (χ4v) is 1.21. The van der Waals surface area contributed by atoms with Crippen LogP contribution in [0.4, 0.5) is 0 Å². The van der Waals surface area contributed by atoms with Gasteiger partial charge in [0.15, 0.2) is 0 Å². The Bertz CT molecular complexity index is 418. The molecule has 0 aliphatic rings. The van der Waals surface area contributed by atoms with E-state index in [1.54, 1.807) is 0 Å². The van der Waals surface area contributed by atoms with E-state index in [2.05, 4.69) is 49.0 Å². The van der Waals surface area contributed by atoms with E-state index in [1.807, 2.05) is 19.2 Å². The minimum absolute atomic E-state index is 0.0436. The Balaban J connectivity index is 2.59. The molecule has 0 spiro atoms. The lowest BCUT2D eigenvalue weighted by atomic mass is 10.1. The summed E-state index contributed by atoms with van der Waals surface area (Å²) in [5.41, 5.74) is 3.34. The number of hydrogen-bond acceptors (Lipinski definition) is 1. The molecule has 82 valence electrons. The molecule has 1 aromatic rings. The van der Waals surface area contributed by atoms with E-state index in [9.17, 15) is 0 Å². The molecule has 0 bridgehead atoms. The Hall–Kier alpha value is -1.94. The molecule has 1 rings (SSSR count). The zero-order chi connectivity index (χ0) is 12.0. The second kappa shape index (κ2) is 5.82. The summed E-state index contributed by atoms with van der Waals surface area (Å²) < 4.78 is 0. The number of nitrogens with one attached hydrogen (secondary N) is 1. The topological polar surface area (TPSA) is 12.0 Å². The third-order valence-corrected chi connectivity index (χ3v) is 2.30. The van der Waals surface area contributed by atoms with Gasteiger partial charge in [-0.1, -0.05) is 42.3 Å². The van der Waals surface area contributed by atoms with Crippen molar-refractivity contribution in [3.63, 3.8) is 0 Å². The molecule has 0 fully saturated rings. The molecule has 0 aromatic heterocycles. The van der Waals surface area contributed by atoms with E-state index >= 15 is 0 Å². The molecule has 0 aliphatic heterocycles. The SMILES string of the molecule is C#CC(C)N/C=C\C(=C)c1ccc(C)cc1. The van der Waals surface area contributed by atoms with Crippen LogP contribution in [-0.4, -0.2) is 6.04 Å². The van der Waals surface area contributed by atoms with Crippen LogP contribution in [0.3, 0.4) is 0 Å². The first-order valence-corrected chi connectivity index (χ1v) is 5.28. The van der Waals surface area contributed by atoms with E-state index < -0.39 is 0 Å². The lowest BCUT2D eigenvalue weighted by molar-refractivity contribution is 0.794. The number of allylic oxidation sites excluding steroid dienone is 2. The molecule has 0 radical (unpaired) electrons. The van der Waals surface area contributed by atoms with Gasteiger partial charge in [-0.2, -0.15) is 0 Å². The average molecular weight is 211 g/mol. The molecule has 1 aromatic carbocycles. The van der Waals surface area contributed by atoms with Gasteiger partial charge in [0.1, 0.15) is 0 Å². The van der Waals surface area contributed by atoms with Crippen LogP contribution in [-0.2, 0) is 0 Å². The lowest BCUT2D eigenvalue weighted by Gasteiger charge is -2.04. The van der Waals surface area contributed by atoms with Gasteiger partial charge in [0.05, 0.1) is 6.04 Å². The van der Waals surface area contributed by atoms with Crippen LogP contribution < -0.4 is 5.32 Å². The Kier molecular flexibility index (Phi) is 4.42. The van der Waals surface area contributed by atoms with Crippen molar-refractivity contribution in [1.82, 2.24) is 5.32 Å². The second-order valence-corrected chi connectivity index (χ2v) is 3.78. The van der Waals surface area contributed by atoms with Crippen molar-refractivity contribution in [2.45, 2.75) is 19.9 Å². The Morgan fingerprint density at radius 2 is 2.06 bits per heavy atom. The van der Waals surface area contributed by atoms with Gasteiger partial charge in [-0.15, -0.1) is 6.42 Å². The third kappa shape index (κ3) is 3.67. The molecule has 0 saturated heterocycles. The maximum atomic E-state index is 5.25. The fraction of sp³-hybridized carbons (Fsp3) is 0.200. The van der Waals surface area contributed by atoms with Crippen molar-refractivity contribution in [2.75, 3.05) is 0 Å². The first kappa shape index (κ1) is 12.1. The molecular formula is C15H17N. The molecular weight excluding hydrogens is 194 g/mol. The van der Waals surface area contributed by atoms with Crippen LogP contribution in [0.15, 0.2) is 43.1 Å². The summed E-state index contributed by atoms with van der Waals surface area (Å²) in [5.74, 6) is 2.59. The van der Waals surface area contributed by atoms with Gasteiger partial charge in [-0.3, -0.25) is 0 Å². The van der Waals surface area contributed by atoms with Gasteiger partial charge in [0.2, 0.25) is 0 Å². The first-order chi connectivity index (χ1) is 7.63. The van der Waals surface area contributed by atoms with Crippen molar-refractivity contribution < 1.29 is 0 Å². The number of terminal acetylenes is 1. The average Bonchev–Trinajstić information content (AvgIpc) is 2.29. The quantitative estimate of drug-likeness (QED) is 0.596. The van der Waals surface area contributed by atoms with Crippen LogP contribution in [0, 0.1) is 19.3 Å². The number of aryl methyl sites for hydroxylation is 1. The normalized spacial score (nSPS) is 12.1. The van der Waals surface area contributed by atoms with Crippen molar-refractivity contribution in [1.29, 1.82) is 0 Å². The Morgan fingerprint density at radius 3 is 2.62 bits per heavy atom. The third-order valence-electron chi connectivity index (χ3n) is 2.30. The molecule has 1 N–H and O–H groups in total. The van der Waals surface area contributed by atoms with Crippen molar-refractivity contribution in [3.8, 4) is 12.3 Å². The highest BCUT2D eigenvalue weighted by molar-refractivity contribution is 5.71. The van der Waals surface area contributed by atoms with Gasteiger partial charge in [0, 0.05) is 0 Å². The molecule has 0 aliphatic carbocycles. The maximum Gasteiger partial charge on any atom is 0.0841 e. The van der Waals surface area contributed by atoms with E-state index in [0.29, 0.717) is 0 Å². The maximum absolute atomic E-state index is 5.25. The largest absolute Gasteiger partial charge is 0.378 e. The molecule has 0 heterocycles. The van der Waals surface area contributed by atoms with Crippen molar-refractivity contribution in [3.05, 3.63) is 54.2 Å². The molecule has 1 atom stereocenters. The standard InChI is InChI=1S/C15H17N/c1-5-14(4)16-11-10-13(3)15-8-6-12(2)7-9-15/h1,6-11,14,16H,3H2,2,4H3/b11-10-. The van der Waals surface area contributed by atoms with Gasteiger partial charge >= 0.3 is 0 Å². The number of rotatable bonds is 4. The summed E-state index contributed by atoms with van der Waals surface area (Å²) in [6.45, 7) is 8.00. The molecule has 1 unspecified atom stereocenters. The van der Waals surface area contributed by atoms with Crippen LogP contribution in [0.25, 0.3) is 5.57 Å². The molecule has 0 saturated carbocycles. The summed E-state index contributed by atoms with van der Waals surface area (Å²) in [5, 5.41) is 3.07. The Labute approximate surface area is 97.9 Å². The molecule has 0 amide bonds. The zero-order valence-electron chi connectivity index (χ0n) is 9.83. The van der Waals surface area contributed by atoms with Crippen LogP contribution in [0.1, 0.15) is 18.1 Å². The van der Waals surface area contributed by atoms with Crippen LogP contribution in [0.2, 0.25) is 0 Å². The zero-order valence-corrected chi connectivity index (χ0v) is 9.83. The van der Waals surface area contributed by atoms with Gasteiger partial charge in [-0.05, 0) is 37.3 Å². The summed E-state index contributed by atoms with van der Waals surface area (Å²) in [6, 6.07) is 8.32. The minimum atomic E-state index is 0.0436. The summed E-state index contributed by atoms with van der Waals surface area (Å²) in [4.78, 5) is 0. The lowest BCUT2D eigenvalue weighted by Crippen LogP contribution is -2.17. The highest BCUT2D eigenvalue weighted by atomic mass is 14.9. The van der Waals surface area contributed by atoms with Crippen molar-refractivity contribution >= 4 is 5.57 Å². The van der Waals surface area contributed by atoms with Crippen molar-refractivity contribution in [2.24, 2.45) is 0 Å². The number of benzene rings is 1. The van der Waals surface area contributed by atoms with E-state index in [0.717, 1.165) is 11.1 Å². The minimum Gasteiger partial charge on any atom is -0.378 e. The van der Waals surface area contributed by atoms with Crippen LogP contribution >= 0.6 is 0 Å². The van der Waals surface area contributed by atoms with E-state index in [1.165, 1.54) is 5.56 Å². The van der Waals surface area contributed by atoms with E-state index in [-0.39, 0.29) is 6.04 Å². The van der Waals surface area contributed by atoms with E-state index in [4.69, 9.17) is 6.42 Å². The molecule has 16 heavy (non-hydrogen) atoms. The van der Waals surface area contributed by atoms with Crippen LogP contribution in [0.5, 0.6) is 0 Å². The predicted octanol–water partition coefficient (Wildman–Crippen LogP) is 3.13. The number of hydrogen-bond donors (Lipinski definition) is 1. The highest BCUT2D eigenvalue weighted by Gasteiger charge is 1.94. The van der Waals surface area contributed by atoms with Gasteiger partial charge in [-0.25, -0.2) is 0 Å². The Morgan fingerprint density at radius 1 is 1.44 bits per heavy atom. The highest BCUT2D eigenvalue weighted by Crippen LogP contribution is 2.13. The molecule has 1 nitrogen and oxygen atoms in total. The predicted molar refractivity (Wildman–Crippen MR) is 70.8 cm³/mol. The monoisotopic (exact) mass is 211 g/mol.